The largest absolute Gasteiger partial charge is 0.494 e. The van der Waals surface area contributed by atoms with Gasteiger partial charge >= 0.3 is 0 Å². The summed E-state index contributed by atoms with van der Waals surface area (Å²) in [6.45, 7) is 7.55. The Kier molecular flexibility index (Phi) is 11.7. The molecule has 0 aromatic heterocycles. The van der Waals surface area contributed by atoms with Crippen molar-refractivity contribution in [1.29, 1.82) is 0 Å². The highest BCUT2D eigenvalue weighted by atomic mass is 32.2. The van der Waals surface area contributed by atoms with Gasteiger partial charge < -0.3 is 15.0 Å². The first-order chi connectivity index (χ1) is 19.6. The van der Waals surface area contributed by atoms with Crippen molar-refractivity contribution in [2.45, 2.75) is 62.5 Å². The number of hydrogen-bond acceptors (Lipinski definition) is 6. The molecule has 0 radical (unpaired) electrons. The van der Waals surface area contributed by atoms with E-state index in [9.17, 15) is 18.0 Å². The van der Waals surface area contributed by atoms with Crippen molar-refractivity contribution in [3.63, 3.8) is 0 Å². The fourth-order valence-electron chi connectivity index (χ4n) is 4.36. The van der Waals surface area contributed by atoms with Crippen LogP contribution in [0.3, 0.4) is 0 Å². The van der Waals surface area contributed by atoms with Crippen molar-refractivity contribution in [3.8, 4) is 5.75 Å². The van der Waals surface area contributed by atoms with Gasteiger partial charge in [0.15, 0.2) is 0 Å². The molecule has 0 heterocycles. The molecule has 1 atom stereocenters. The normalized spacial score (nSPS) is 12.0. The third-order valence-electron chi connectivity index (χ3n) is 6.37. The SMILES string of the molecule is CCOc1ccc(N(CC(=O)N(Cc2ccccc2)[C@@H](CC)C(=O)NC(C)C)S(=O)(=O)c2ccc(SC)cc2)cc1. The molecule has 1 N–H and O–H groups in total. The molecule has 0 bridgehead atoms. The third-order valence-corrected chi connectivity index (χ3v) is 8.91. The number of benzene rings is 3. The number of amides is 2. The lowest BCUT2D eigenvalue weighted by Crippen LogP contribution is -2.53. The summed E-state index contributed by atoms with van der Waals surface area (Å²) in [7, 11) is -4.14. The molecule has 2 amide bonds. The van der Waals surface area contributed by atoms with Crippen LogP contribution in [-0.4, -0.2) is 56.6 Å². The van der Waals surface area contributed by atoms with Crippen molar-refractivity contribution in [2.24, 2.45) is 0 Å². The maximum absolute atomic E-state index is 14.1. The van der Waals surface area contributed by atoms with Crippen molar-refractivity contribution < 1.29 is 22.7 Å². The topological polar surface area (TPSA) is 96.0 Å². The molecule has 0 saturated carbocycles. The number of ether oxygens (including phenoxy) is 1. The van der Waals surface area contributed by atoms with Gasteiger partial charge in [-0.1, -0.05) is 37.3 Å². The van der Waals surface area contributed by atoms with Crippen LogP contribution in [0.5, 0.6) is 5.75 Å². The minimum Gasteiger partial charge on any atom is -0.494 e. The molecular weight excluding hydrogens is 558 g/mol. The Hall–Kier alpha value is -3.50. The van der Waals surface area contributed by atoms with Gasteiger partial charge in [0.25, 0.3) is 10.0 Å². The minimum atomic E-state index is -4.14. The molecular formula is C31H39N3O5S2. The number of anilines is 1. The zero-order chi connectivity index (χ0) is 30.0. The lowest BCUT2D eigenvalue weighted by Gasteiger charge is -2.33. The van der Waals surface area contributed by atoms with Gasteiger partial charge in [-0.15, -0.1) is 11.8 Å². The van der Waals surface area contributed by atoms with E-state index in [-0.39, 0.29) is 23.4 Å². The van der Waals surface area contributed by atoms with Gasteiger partial charge in [-0.05, 0) is 87.5 Å². The summed E-state index contributed by atoms with van der Waals surface area (Å²) in [5.74, 6) is -0.181. The second kappa shape index (κ2) is 14.9. The second-order valence-corrected chi connectivity index (χ2v) is 12.5. The summed E-state index contributed by atoms with van der Waals surface area (Å²) in [5, 5.41) is 2.90. The maximum Gasteiger partial charge on any atom is 0.264 e. The predicted molar refractivity (Wildman–Crippen MR) is 165 cm³/mol. The Morgan fingerprint density at radius 1 is 0.927 bits per heavy atom. The van der Waals surface area contributed by atoms with Crippen LogP contribution in [-0.2, 0) is 26.2 Å². The van der Waals surface area contributed by atoms with Gasteiger partial charge in [-0.25, -0.2) is 8.42 Å². The van der Waals surface area contributed by atoms with Crippen molar-refractivity contribution in [3.05, 3.63) is 84.4 Å². The van der Waals surface area contributed by atoms with Crippen molar-refractivity contribution >= 4 is 39.3 Å². The molecule has 8 nitrogen and oxygen atoms in total. The molecule has 0 fully saturated rings. The highest BCUT2D eigenvalue weighted by molar-refractivity contribution is 7.98. The number of nitrogens with one attached hydrogen (secondary N) is 1. The van der Waals surface area contributed by atoms with E-state index in [0.717, 1.165) is 14.8 Å². The maximum atomic E-state index is 14.1. The summed E-state index contributed by atoms with van der Waals surface area (Å²) in [6.07, 6.45) is 2.28. The highest BCUT2D eigenvalue weighted by Crippen LogP contribution is 2.28. The van der Waals surface area contributed by atoms with Gasteiger partial charge in [0.1, 0.15) is 18.3 Å². The van der Waals surface area contributed by atoms with Crippen LogP contribution in [0.2, 0.25) is 0 Å². The molecule has 0 aliphatic heterocycles. The highest BCUT2D eigenvalue weighted by Gasteiger charge is 2.33. The standard InChI is InChI=1S/C31H39N3O5S2/c1-6-29(31(36)32-23(3)4)33(21-24-11-9-8-10-12-24)30(35)22-34(25-13-15-26(16-14-25)39-7-2)41(37,38)28-19-17-27(40-5)18-20-28/h8-20,23,29H,6-7,21-22H2,1-5H3,(H,32,36)/t29-/m0/s1. The molecule has 3 aromatic carbocycles. The smallest absolute Gasteiger partial charge is 0.264 e. The van der Waals surface area contributed by atoms with Crippen LogP contribution in [0, 0.1) is 0 Å². The molecule has 0 aliphatic rings. The number of carbonyl (C=O) groups is 2. The number of carbonyl (C=O) groups excluding carboxylic acids is 2. The lowest BCUT2D eigenvalue weighted by molar-refractivity contribution is -0.140. The Balaban J connectivity index is 2.05. The van der Waals surface area contributed by atoms with Gasteiger partial charge in [0.2, 0.25) is 11.8 Å². The lowest BCUT2D eigenvalue weighted by atomic mass is 10.1. The van der Waals surface area contributed by atoms with Crippen LogP contribution in [0.15, 0.2) is 88.7 Å². The molecule has 3 aromatic rings. The van der Waals surface area contributed by atoms with E-state index in [4.69, 9.17) is 4.74 Å². The Morgan fingerprint density at radius 3 is 2.10 bits per heavy atom. The first-order valence-electron chi connectivity index (χ1n) is 13.6. The van der Waals surface area contributed by atoms with E-state index < -0.39 is 28.5 Å². The summed E-state index contributed by atoms with van der Waals surface area (Å²) in [4.78, 5) is 29.7. The predicted octanol–water partition coefficient (Wildman–Crippen LogP) is 5.33. The minimum absolute atomic E-state index is 0.0659. The van der Waals surface area contributed by atoms with Crippen LogP contribution >= 0.6 is 11.8 Å². The van der Waals surface area contributed by atoms with Gasteiger partial charge in [0.05, 0.1) is 17.2 Å². The van der Waals surface area contributed by atoms with E-state index in [1.807, 2.05) is 64.3 Å². The van der Waals surface area contributed by atoms with Gasteiger partial charge in [-0.3, -0.25) is 13.9 Å². The zero-order valence-corrected chi connectivity index (χ0v) is 25.9. The molecule has 3 rings (SSSR count). The van der Waals surface area contributed by atoms with E-state index in [0.29, 0.717) is 24.5 Å². The quantitative estimate of drug-likeness (QED) is 0.252. The van der Waals surface area contributed by atoms with Crippen LogP contribution < -0.4 is 14.4 Å². The summed E-state index contributed by atoms with van der Waals surface area (Å²) >= 11 is 1.51. The van der Waals surface area contributed by atoms with Crippen molar-refractivity contribution in [2.75, 3.05) is 23.7 Å². The number of nitrogens with zero attached hydrogens (tertiary/aromatic N) is 2. The first kappa shape index (κ1) is 32.0. The fourth-order valence-corrected chi connectivity index (χ4v) is 6.18. The van der Waals surface area contributed by atoms with Crippen LogP contribution in [0.4, 0.5) is 5.69 Å². The third kappa shape index (κ3) is 8.50. The molecule has 0 unspecified atom stereocenters. The number of sulfonamides is 1. The van der Waals surface area contributed by atoms with Crippen LogP contribution in [0.1, 0.15) is 39.7 Å². The van der Waals surface area contributed by atoms with Gasteiger partial charge in [-0.2, -0.15) is 0 Å². The average molecular weight is 598 g/mol. The first-order valence-corrected chi connectivity index (χ1v) is 16.3. The van der Waals surface area contributed by atoms with Crippen LogP contribution in [0.25, 0.3) is 0 Å². The van der Waals surface area contributed by atoms with E-state index in [2.05, 4.69) is 5.32 Å². The Bertz CT molecular complexity index is 1380. The molecule has 220 valence electrons. The Morgan fingerprint density at radius 2 is 1.56 bits per heavy atom. The van der Waals surface area contributed by atoms with E-state index in [1.165, 1.54) is 16.7 Å². The summed E-state index contributed by atoms with van der Waals surface area (Å²) in [5.41, 5.74) is 1.15. The summed E-state index contributed by atoms with van der Waals surface area (Å²) < 4.78 is 34.7. The molecule has 0 saturated heterocycles. The van der Waals surface area contributed by atoms with Crippen molar-refractivity contribution in [1.82, 2.24) is 10.2 Å². The molecule has 10 heteroatoms. The van der Waals surface area contributed by atoms with Gasteiger partial charge in [0, 0.05) is 17.5 Å². The zero-order valence-electron chi connectivity index (χ0n) is 24.2. The molecule has 41 heavy (non-hydrogen) atoms. The monoisotopic (exact) mass is 597 g/mol. The molecule has 0 aliphatic carbocycles. The second-order valence-electron chi connectivity index (χ2n) is 9.71. The fraction of sp³-hybridized carbons (Fsp3) is 0.355. The average Bonchev–Trinajstić information content (AvgIpc) is 2.96. The van der Waals surface area contributed by atoms with E-state index in [1.54, 1.807) is 48.5 Å². The number of thioether (sulfide) groups is 1. The van der Waals surface area contributed by atoms with E-state index >= 15 is 0 Å². The molecule has 0 spiro atoms. The Labute approximate surface area is 248 Å². The number of rotatable bonds is 14. The number of hydrogen-bond donors (Lipinski definition) is 1. The summed E-state index contributed by atoms with van der Waals surface area (Å²) in [6, 6.07) is 21.6.